The van der Waals surface area contributed by atoms with Gasteiger partial charge in [0.05, 0.1) is 7.11 Å². The van der Waals surface area contributed by atoms with Crippen LogP contribution in [-0.4, -0.2) is 29.6 Å². The summed E-state index contributed by atoms with van der Waals surface area (Å²) in [5, 5.41) is 10.5. The van der Waals surface area contributed by atoms with E-state index < -0.39 is 5.91 Å². The predicted octanol–water partition coefficient (Wildman–Crippen LogP) is 4.47. The number of carbonyl (C=O) groups excluding carboxylic acids is 2. The van der Waals surface area contributed by atoms with E-state index in [4.69, 9.17) is 27.5 Å². The highest BCUT2D eigenvalue weighted by Gasteiger charge is 2.21. The Labute approximate surface area is 192 Å². The first kappa shape index (κ1) is 22.5. The number of hydrogen-bond donors (Lipinski definition) is 3. The number of nitrogen functional groups attached to an aromatic ring is 1. The minimum Gasteiger partial charge on any atom is -0.496 e. The van der Waals surface area contributed by atoms with E-state index in [-0.39, 0.29) is 23.6 Å². The minimum atomic E-state index is -0.467. The Kier molecular flexibility index (Phi) is 7.04. The van der Waals surface area contributed by atoms with E-state index in [1.807, 2.05) is 0 Å². The van der Waals surface area contributed by atoms with Crippen molar-refractivity contribution in [1.29, 1.82) is 5.41 Å². The van der Waals surface area contributed by atoms with E-state index in [0.29, 0.717) is 33.3 Å². The SMILES string of the molecule is COc1cc(Cl)cc(C(=O)Nc2ccc(Br)cn2)c1CC(=O)c1ccc(C(=N)N)cc1. The molecular formula is C22H18BrClN4O3. The van der Waals surface area contributed by atoms with Crippen LogP contribution in [0.1, 0.15) is 31.8 Å². The number of anilines is 1. The second-order valence-corrected chi connectivity index (χ2v) is 7.89. The quantitative estimate of drug-likeness (QED) is 0.251. The minimum absolute atomic E-state index is 0.0844. The molecule has 158 valence electrons. The largest absolute Gasteiger partial charge is 0.496 e. The number of Topliss-reactive ketones (excluding diaryl/α,β-unsaturated/α-hetero) is 1. The Morgan fingerprint density at radius 1 is 1.16 bits per heavy atom. The average Bonchev–Trinajstić information content (AvgIpc) is 2.76. The van der Waals surface area contributed by atoms with Gasteiger partial charge in [-0.25, -0.2) is 4.98 Å². The first-order chi connectivity index (χ1) is 14.8. The summed E-state index contributed by atoms with van der Waals surface area (Å²) in [6.07, 6.45) is 1.47. The van der Waals surface area contributed by atoms with Crippen LogP contribution in [0.5, 0.6) is 5.75 Å². The molecular weight excluding hydrogens is 484 g/mol. The van der Waals surface area contributed by atoms with Crippen molar-refractivity contribution in [3.05, 3.63) is 86.5 Å². The molecule has 0 atom stereocenters. The number of nitrogens with two attached hydrogens (primary N) is 1. The van der Waals surface area contributed by atoms with Crippen molar-refractivity contribution in [2.45, 2.75) is 6.42 Å². The molecule has 0 aliphatic heterocycles. The Morgan fingerprint density at radius 3 is 2.42 bits per heavy atom. The molecule has 0 aliphatic rings. The molecule has 1 aromatic heterocycles. The smallest absolute Gasteiger partial charge is 0.257 e. The maximum Gasteiger partial charge on any atom is 0.257 e. The van der Waals surface area contributed by atoms with Crippen LogP contribution in [0.2, 0.25) is 5.02 Å². The first-order valence-corrected chi connectivity index (χ1v) is 10.2. The average molecular weight is 502 g/mol. The summed E-state index contributed by atoms with van der Waals surface area (Å²) in [4.78, 5) is 30.0. The Hall–Kier alpha value is -3.23. The van der Waals surface area contributed by atoms with Crippen LogP contribution < -0.4 is 15.8 Å². The molecule has 2 aromatic carbocycles. The van der Waals surface area contributed by atoms with Crippen LogP contribution in [0.15, 0.2) is 59.2 Å². The number of pyridine rings is 1. The fraction of sp³-hybridized carbons (Fsp3) is 0.0909. The van der Waals surface area contributed by atoms with Gasteiger partial charge >= 0.3 is 0 Å². The van der Waals surface area contributed by atoms with Gasteiger partial charge in [0, 0.05) is 44.4 Å². The highest BCUT2D eigenvalue weighted by Crippen LogP contribution is 2.29. The van der Waals surface area contributed by atoms with Crippen molar-refractivity contribution in [1.82, 2.24) is 4.98 Å². The summed E-state index contributed by atoms with van der Waals surface area (Å²) in [7, 11) is 1.44. The first-order valence-electron chi connectivity index (χ1n) is 9.05. The van der Waals surface area contributed by atoms with E-state index in [1.165, 1.54) is 13.2 Å². The molecule has 4 N–H and O–H groups in total. The maximum absolute atomic E-state index is 13.0. The number of rotatable bonds is 7. The van der Waals surface area contributed by atoms with Crippen LogP contribution in [0, 0.1) is 5.41 Å². The summed E-state index contributed by atoms with van der Waals surface area (Å²) in [5.74, 6) is -0.102. The van der Waals surface area contributed by atoms with Crippen LogP contribution in [-0.2, 0) is 6.42 Å². The van der Waals surface area contributed by atoms with E-state index in [1.54, 1.807) is 48.7 Å². The number of ketones is 1. The van der Waals surface area contributed by atoms with Gasteiger partial charge in [0.1, 0.15) is 17.4 Å². The number of hydrogen-bond acceptors (Lipinski definition) is 5. The van der Waals surface area contributed by atoms with Gasteiger partial charge in [-0.1, -0.05) is 35.9 Å². The number of amidine groups is 1. The number of aromatic nitrogens is 1. The maximum atomic E-state index is 13.0. The Balaban J connectivity index is 1.92. The van der Waals surface area contributed by atoms with Crippen molar-refractivity contribution in [2.75, 3.05) is 12.4 Å². The number of ether oxygens (including phenoxy) is 1. The van der Waals surface area contributed by atoms with Gasteiger partial charge in [0.2, 0.25) is 0 Å². The molecule has 7 nitrogen and oxygen atoms in total. The lowest BCUT2D eigenvalue weighted by Crippen LogP contribution is -2.18. The molecule has 3 rings (SSSR count). The molecule has 0 radical (unpaired) electrons. The van der Waals surface area contributed by atoms with Gasteiger partial charge in [0.15, 0.2) is 5.78 Å². The van der Waals surface area contributed by atoms with Crippen LogP contribution in [0.4, 0.5) is 5.82 Å². The van der Waals surface area contributed by atoms with Gasteiger partial charge in [-0.15, -0.1) is 0 Å². The second kappa shape index (κ2) is 9.72. The number of benzene rings is 2. The van der Waals surface area contributed by atoms with Crippen LogP contribution >= 0.6 is 27.5 Å². The summed E-state index contributed by atoms with van der Waals surface area (Å²) < 4.78 is 6.16. The van der Waals surface area contributed by atoms with Gasteiger partial charge < -0.3 is 15.8 Å². The molecule has 0 fully saturated rings. The van der Waals surface area contributed by atoms with E-state index >= 15 is 0 Å². The van der Waals surface area contributed by atoms with Crippen molar-refractivity contribution < 1.29 is 14.3 Å². The van der Waals surface area contributed by atoms with E-state index in [0.717, 1.165) is 4.47 Å². The van der Waals surface area contributed by atoms with Crippen molar-refractivity contribution in [3.63, 3.8) is 0 Å². The van der Waals surface area contributed by atoms with Gasteiger partial charge in [-0.2, -0.15) is 0 Å². The zero-order valence-corrected chi connectivity index (χ0v) is 18.8. The van der Waals surface area contributed by atoms with Crippen LogP contribution in [0.25, 0.3) is 0 Å². The molecule has 0 aliphatic carbocycles. The second-order valence-electron chi connectivity index (χ2n) is 6.54. The fourth-order valence-corrected chi connectivity index (χ4v) is 3.35. The van der Waals surface area contributed by atoms with Crippen molar-refractivity contribution in [3.8, 4) is 5.75 Å². The number of carbonyl (C=O) groups is 2. The molecule has 1 heterocycles. The zero-order valence-electron chi connectivity index (χ0n) is 16.4. The highest BCUT2D eigenvalue weighted by molar-refractivity contribution is 9.10. The molecule has 0 unspecified atom stereocenters. The highest BCUT2D eigenvalue weighted by atomic mass is 79.9. The standard InChI is InChI=1S/C22H18BrClN4O3/c1-31-19-9-15(24)8-17(22(30)28-20-7-6-14(23)11-27-20)16(19)10-18(29)12-2-4-13(5-3-12)21(25)26/h2-9,11H,10H2,1H3,(H3,25,26)(H,27,28,30). The van der Waals surface area contributed by atoms with E-state index in [2.05, 4.69) is 26.2 Å². The number of methoxy groups -OCH3 is 1. The molecule has 0 saturated carbocycles. The summed E-state index contributed by atoms with van der Waals surface area (Å²) in [6, 6.07) is 12.8. The number of nitrogens with one attached hydrogen (secondary N) is 2. The molecule has 0 bridgehead atoms. The number of halogens is 2. The van der Waals surface area contributed by atoms with E-state index in [9.17, 15) is 9.59 Å². The Morgan fingerprint density at radius 2 is 1.84 bits per heavy atom. The monoisotopic (exact) mass is 500 g/mol. The Bertz CT molecular complexity index is 1150. The predicted molar refractivity (Wildman–Crippen MR) is 123 cm³/mol. The summed E-state index contributed by atoms with van der Waals surface area (Å²) >= 11 is 9.46. The van der Waals surface area contributed by atoms with Crippen molar-refractivity contribution in [2.24, 2.45) is 5.73 Å². The third kappa shape index (κ3) is 5.48. The molecule has 3 aromatic rings. The molecule has 1 amide bonds. The lowest BCUT2D eigenvalue weighted by atomic mass is 9.96. The summed E-state index contributed by atoms with van der Waals surface area (Å²) in [5.41, 5.74) is 7.01. The third-order valence-corrected chi connectivity index (χ3v) is 5.15. The molecule has 0 saturated heterocycles. The zero-order chi connectivity index (χ0) is 22.5. The fourth-order valence-electron chi connectivity index (χ4n) is 2.91. The van der Waals surface area contributed by atoms with Crippen LogP contribution in [0.3, 0.4) is 0 Å². The summed E-state index contributed by atoms with van der Waals surface area (Å²) in [6.45, 7) is 0. The molecule has 0 spiro atoms. The van der Waals surface area contributed by atoms with Gasteiger partial charge in [-0.3, -0.25) is 15.0 Å². The van der Waals surface area contributed by atoms with Gasteiger partial charge in [0.25, 0.3) is 5.91 Å². The third-order valence-electron chi connectivity index (χ3n) is 4.46. The number of nitrogens with zero attached hydrogens (tertiary/aromatic N) is 1. The lowest BCUT2D eigenvalue weighted by molar-refractivity contribution is 0.0991. The molecule has 9 heteroatoms. The lowest BCUT2D eigenvalue weighted by Gasteiger charge is -2.14. The normalized spacial score (nSPS) is 10.4. The van der Waals surface area contributed by atoms with Gasteiger partial charge in [-0.05, 0) is 40.2 Å². The van der Waals surface area contributed by atoms with Crippen molar-refractivity contribution >= 4 is 50.9 Å². The topological polar surface area (TPSA) is 118 Å². The molecule has 31 heavy (non-hydrogen) atoms. The number of amides is 1.